The molecule has 2 spiro atoms. The number of allylic oxidation sites excluding steroid dienone is 8. The molecule has 2 unspecified atom stereocenters. The fraction of sp³-hybridized carbons (Fsp3) is 0.167. The van der Waals surface area contributed by atoms with Gasteiger partial charge in [0, 0.05) is 172 Å². The zero-order valence-electron chi connectivity index (χ0n) is 66.8. The second-order valence-electron chi connectivity index (χ2n) is 28.6. The van der Waals surface area contributed by atoms with E-state index in [-0.39, 0.29) is 73.5 Å². The molecule has 4 aromatic heterocycles. The molecule has 3 fully saturated rings. The highest BCUT2D eigenvalue weighted by atomic mass is 35.5. The Hall–Kier alpha value is -14.6. The fourth-order valence-electron chi connectivity index (χ4n) is 13.5. The summed E-state index contributed by atoms with van der Waals surface area (Å²) < 4.78 is 51.5. The van der Waals surface area contributed by atoms with Gasteiger partial charge in [0.25, 0.3) is 46.9 Å². The number of nitrogens with zero attached hydrogens (tertiary/aromatic N) is 4. The third-order valence-electron chi connectivity index (χ3n) is 19.8. The first-order chi connectivity index (χ1) is 58.1. The van der Waals surface area contributed by atoms with Gasteiger partial charge in [-0.2, -0.15) is 18.3 Å². The van der Waals surface area contributed by atoms with Crippen molar-refractivity contribution in [1.82, 2.24) is 0 Å². The van der Waals surface area contributed by atoms with Crippen LogP contribution in [0.15, 0.2) is 363 Å². The number of aliphatic hydroxyl groups excluding tert-OH is 2. The fourth-order valence-corrected chi connectivity index (χ4v) is 13.5. The summed E-state index contributed by atoms with van der Waals surface area (Å²) in [5, 5.41) is 26.1. The molecule has 8 heterocycles. The van der Waals surface area contributed by atoms with E-state index < -0.39 is 82.0 Å². The molecule has 6 aromatic carbocycles. The van der Waals surface area contributed by atoms with Crippen molar-refractivity contribution in [2.75, 3.05) is 10.6 Å². The van der Waals surface area contributed by atoms with Crippen molar-refractivity contribution in [2.24, 2.45) is 0 Å². The Kier molecular flexibility index (Phi) is 29.1. The Morgan fingerprint density at radius 2 is 0.615 bits per heavy atom. The quantitative estimate of drug-likeness (QED) is 0.0138. The summed E-state index contributed by atoms with van der Waals surface area (Å²) in [5.74, 6) is -12.7. The maximum Gasteiger partial charge on any atom is 0.348 e. The molecule has 4 aliphatic heterocycles. The maximum absolute atomic E-state index is 12.8. The number of amides is 2. The van der Waals surface area contributed by atoms with Crippen molar-refractivity contribution >= 4 is 59.0 Å². The minimum atomic E-state index is -1.67. The number of hydrogen-bond donors (Lipinski definition) is 4. The highest BCUT2D eigenvalue weighted by Crippen LogP contribution is 2.45. The van der Waals surface area contributed by atoms with Gasteiger partial charge in [-0.25, -0.2) is 28.8 Å². The Labute approximate surface area is 716 Å². The molecule has 122 heavy (non-hydrogen) atoms. The van der Waals surface area contributed by atoms with Crippen LogP contribution in [0.2, 0.25) is 0 Å². The molecule has 1 saturated carbocycles. The molecule has 2 amide bonds. The van der Waals surface area contributed by atoms with Gasteiger partial charge in [0.2, 0.25) is 22.7 Å². The predicted molar refractivity (Wildman–Crippen MR) is 440 cm³/mol. The summed E-state index contributed by atoms with van der Waals surface area (Å²) in [5.41, 5.74) is 10.4. The molecular weight excluding hydrogens is 1600 g/mol. The lowest BCUT2D eigenvalue weighted by Crippen LogP contribution is -3.00. The lowest BCUT2D eigenvalue weighted by molar-refractivity contribution is -0.596. The summed E-state index contributed by atoms with van der Waals surface area (Å²) >= 11 is 0. The monoisotopic (exact) mass is 1680 g/mol. The summed E-state index contributed by atoms with van der Waals surface area (Å²) in [4.78, 5) is 101. The van der Waals surface area contributed by atoms with E-state index in [9.17, 15) is 48.6 Å². The second kappa shape index (κ2) is 40.2. The minimum absolute atomic E-state index is 0. The lowest BCUT2D eigenvalue weighted by atomic mass is 9.87. The van der Waals surface area contributed by atoms with Crippen LogP contribution in [0, 0.1) is 0 Å². The van der Waals surface area contributed by atoms with E-state index in [0.29, 0.717) is 36.8 Å². The summed E-state index contributed by atoms with van der Waals surface area (Å²) in [7, 11) is 0. The zero-order valence-corrected chi connectivity index (χ0v) is 68.3. The standard InChI is InChI=1S/C38H40O16.2C29H22N3O.2ClH/c1-5-17-35(3)47-27(39)23(28(40)48-35)13-9-7-11-15-25-31(43)51-37(52-32(25)44)19-21-38(22-20-37)53-33(45)26(34(46)54-38)16-12-8-10-14-24-29(41)49-36(4,18-6-2)50-30(24)42;2*33-29(30-26-7-3-1-4-8-26)25-11-13-28(14-12-25)32-21-17-24(18-22-32)23-15-19-31(20-16-23)27-9-5-2-6-10-27;;/h7-16,39,41H,5-6,17-22H2,1-4H3;2*1-22H;2*1H/q;2*+1;;/b11-7+,12-8?,13-9+,14-10?,25-15?,26-16?;;;;. The van der Waals surface area contributed by atoms with Crippen molar-refractivity contribution in [3.05, 3.63) is 374 Å². The third kappa shape index (κ3) is 22.2. The third-order valence-corrected chi connectivity index (χ3v) is 19.8. The topological polar surface area (TPSA) is 290 Å². The van der Waals surface area contributed by atoms with Gasteiger partial charge in [-0.3, -0.25) is 9.59 Å². The average Bonchev–Trinajstić information content (AvgIpc) is 0.751. The first kappa shape index (κ1) is 88.2. The number of aromatic nitrogens is 4. The van der Waals surface area contributed by atoms with E-state index >= 15 is 0 Å². The van der Waals surface area contributed by atoms with E-state index in [1.54, 1.807) is 0 Å². The van der Waals surface area contributed by atoms with E-state index in [2.05, 4.69) is 117 Å². The predicted octanol–water partition coefficient (Wildman–Crippen LogP) is 9.28. The van der Waals surface area contributed by atoms with Crippen LogP contribution < -0.4 is 53.7 Å². The van der Waals surface area contributed by atoms with Crippen LogP contribution in [0.3, 0.4) is 0 Å². The number of esters is 6. The number of nitrogens with one attached hydrogen (secondary N) is 2. The molecule has 2 atom stereocenters. The number of pyridine rings is 4. The van der Waals surface area contributed by atoms with E-state index in [1.807, 2.05) is 193 Å². The van der Waals surface area contributed by atoms with Crippen molar-refractivity contribution in [1.29, 1.82) is 0 Å². The number of para-hydroxylation sites is 4. The molecule has 26 heteroatoms. The summed E-state index contributed by atoms with van der Waals surface area (Å²) in [6.45, 7) is 6.82. The van der Waals surface area contributed by atoms with E-state index in [4.69, 9.17) is 37.9 Å². The molecule has 0 bridgehead atoms. The Bertz CT molecular complexity index is 5310. The van der Waals surface area contributed by atoms with Crippen molar-refractivity contribution in [3.63, 3.8) is 0 Å². The Morgan fingerprint density at radius 3 is 0.885 bits per heavy atom. The second-order valence-corrected chi connectivity index (χ2v) is 28.6. The lowest BCUT2D eigenvalue weighted by Gasteiger charge is -2.45. The SMILES string of the molecule is CCCC1(C)OC(=O)C(C=CC=CC=C2C(=O)OC3(CCC4(CC3)OC(=O)C(=C/C=C/C=C/C3=C(O)OC(C)(CCC)OC3=O)C(=O)O4)OC2=O)=C(O)O1.O=C(Nc1ccccc1)c1ccc(-[n+]2ccc(-c3cc[n+](-c4ccccc4)cc3)cc2)cc1.O=C(Nc1ccccc1)c1ccc(-[n+]2ccc(-c3cc[n+](-c4ccccc4)cc3)cc2)cc1.[Cl-].[Cl-]. The largest absolute Gasteiger partial charge is 1.00 e. The molecule has 620 valence electrons. The number of carbonyl (C=O) groups excluding carboxylic acids is 8. The number of benzene rings is 6. The molecule has 2 saturated heterocycles. The molecular formula is C96H86Cl2N6O18+2. The van der Waals surface area contributed by atoms with Crippen LogP contribution >= 0.6 is 0 Å². The van der Waals surface area contributed by atoms with Crippen LogP contribution in [-0.4, -0.2) is 81.0 Å². The van der Waals surface area contributed by atoms with Gasteiger partial charge in [-0.05, 0) is 108 Å². The molecule has 1 aliphatic carbocycles. The first-order valence-electron chi connectivity index (χ1n) is 38.9. The molecule has 24 nitrogen and oxygen atoms in total. The van der Waals surface area contributed by atoms with Crippen LogP contribution in [0.5, 0.6) is 0 Å². The molecule has 10 aromatic rings. The molecule has 0 radical (unpaired) electrons. The Morgan fingerprint density at radius 1 is 0.344 bits per heavy atom. The van der Waals surface area contributed by atoms with Gasteiger partial charge in [-0.1, -0.05) is 123 Å². The summed E-state index contributed by atoms with van der Waals surface area (Å²) in [6.07, 6.45) is 30.9. The van der Waals surface area contributed by atoms with Gasteiger partial charge in [0.05, 0.1) is 0 Å². The molecule has 4 N–H and O–H groups in total. The molecule has 5 aliphatic rings. The van der Waals surface area contributed by atoms with Gasteiger partial charge in [0.15, 0.2) is 49.6 Å². The highest BCUT2D eigenvalue weighted by Gasteiger charge is 2.57. The van der Waals surface area contributed by atoms with E-state index in [0.717, 1.165) is 68.5 Å². The van der Waals surface area contributed by atoms with Crippen LogP contribution in [0.4, 0.5) is 11.4 Å². The number of anilines is 2. The van der Waals surface area contributed by atoms with Crippen LogP contribution in [0.1, 0.15) is 99.8 Å². The highest BCUT2D eigenvalue weighted by molar-refractivity contribution is 6.16. The van der Waals surface area contributed by atoms with E-state index in [1.165, 1.54) is 62.5 Å². The normalized spacial score (nSPS) is 19.2. The number of rotatable bonds is 20. The number of halogens is 2. The zero-order chi connectivity index (χ0) is 84.2. The number of ether oxygens (including phenoxy) is 8. The molecule has 15 rings (SSSR count). The number of aliphatic hydroxyl groups is 2. The van der Waals surface area contributed by atoms with Gasteiger partial charge < -0.3 is 83.6 Å². The number of hydrogen-bond acceptors (Lipinski definition) is 18. The number of carbonyl (C=O) groups is 8. The van der Waals surface area contributed by atoms with Gasteiger partial charge in [-0.15, -0.1) is 0 Å². The van der Waals surface area contributed by atoms with Gasteiger partial charge in [0.1, 0.15) is 22.3 Å². The maximum atomic E-state index is 12.8. The number of cyclic esters (lactones) is 2. The Balaban J connectivity index is 0.000000185. The minimum Gasteiger partial charge on any atom is -1.00 e. The first-order valence-corrected chi connectivity index (χ1v) is 38.9. The average molecular weight is 1680 g/mol. The van der Waals surface area contributed by atoms with Crippen LogP contribution in [0.25, 0.3) is 45.0 Å². The summed E-state index contributed by atoms with van der Waals surface area (Å²) in [6, 6.07) is 71.5. The van der Waals surface area contributed by atoms with Gasteiger partial charge >= 0.3 is 35.8 Å². The smallest absolute Gasteiger partial charge is 0.348 e. The van der Waals surface area contributed by atoms with Crippen molar-refractivity contribution < 1.29 is 130 Å². The van der Waals surface area contributed by atoms with Crippen LogP contribution in [-0.2, 0) is 66.7 Å². The van der Waals surface area contributed by atoms with Crippen molar-refractivity contribution in [2.45, 2.75) is 102 Å². The van der Waals surface area contributed by atoms with Crippen molar-refractivity contribution in [3.8, 4) is 45.0 Å².